The molecule has 2 rings (SSSR count). The molecule has 1 aliphatic carbocycles. The number of halogens is 2. The fourth-order valence-corrected chi connectivity index (χ4v) is 2.77. The van der Waals surface area contributed by atoms with E-state index >= 15 is 0 Å². The minimum absolute atomic E-state index is 0.00783. The third-order valence-electron chi connectivity index (χ3n) is 4.13. The topological polar surface area (TPSA) is 15.3 Å². The first-order valence-corrected chi connectivity index (χ1v) is 8.04. The Morgan fingerprint density at radius 1 is 1.19 bits per heavy atom. The zero-order valence-corrected chi connectivity index (χ0v) is 13.0. The first kappa shape index (κ1) is 16.4. The molecule has 118 valence electrons. The third kappa shape index (κ3) is 5.36. The molecule has 0 radical (unpaired) electrons. The van der Waals surface area contributed by atoms with Gasteiger partial charge in [0.15, 0.2) is 0 Å². The largest absolute Gasteiger partial charge is 0.310 e. The molecular weight excluding hydrogens is 270 g/mol. The maximum Gasteiger partial charge on any atom is 0.126 e. The van der Waals surface area contributed by atoms with Crippen LogP contribution in [0.1, 0.15) is 44.7 Å². The van der Waals surface area contributed by atoms with Crippen molar-refractivity contribution in [1.82, 2.24) is 10.2 Å². The van der Waals surface area contributed by atoms with Crippen LogP contribution in [0.2, 0.25) is 0 Å². The van der Waals surface area contributed by atoms with E-state index in [1.807, 2.05) is 6.92 Å². The highest BCUT2D eigenvalue weighted by molar-refractivity contribution is 5.21. The molecule has 0 aromatic heterocycles. The number of rotatable bonds is 9. The zero-order valence-electron chi connectivity index (χ0n) is 13.0. The van der Waals surface area contributed by atoms with Gasteiger partial charge in [-0.25, -0.2) is 8.78 Å². The number of hydrogen-bond acceptors (Lipinski definition) is 2. The van der Waals surface area contributed by atoms with Crippen LogP contribution < -0.4 is 5.32 Å². The number of nitrogens with zero attached hydrogens (tertiary/aromatic N) is 1. The summed E-state index contributed by atoms with van der Waals surface area (Å²) in [5.41, 5.74) is 0.705. The van der Waals surface area contributed by atoms with Gasteiger partial charge in [-0.1, -0.05) is 13.8 Å². The van der Waals surface area contributed by atoms with Gasteiger partial charge in [0.05, 0.1) is 0 Å². The lowest BCUT2D eigenvalue weighted by Gasteiger charge is -2.25. The number of hydrogen-bond donors (Lipinski definition) is 1. The summed E-state index contributed by atoms with van der Waals surface area (Å²) in [6, 6.07) is 3.81. The molecule has 1 aromatic rings. The van der Waals surface area contributed by atoms with E-state index in [4.69, 9.17) is 0 Å². The molecule has 2 nitrogen and oxygen atoms in total. The van der Waals surface area contributed by atoms with Gasteiger partial charge in [-0.15, -0.1) is 0 Å². The highest BCUT2D eigenvalue weighted by atomic mass is 19.1. The van der Waals surface area contributed by atoms with Crippen molar-refractivity contribution >= 4 is 0 Å². The molecule has 4 heteroatoms. The molecule has 0 aliphatic heterocycles. The van der Waals surface area contributed by atoms with E-state index in [-0.39, 0.29) is 6.04 Å². The fraction of sp³-hybridized carbons (Fsp3) is 0.647. The van der Waals surface area contributed by atoms with Crippen molar-refractivity contribution in [2.45, 2.75) is 39.2 Å². The first-order chi connectivity index (χ1) is 10.1. The first-order valence-electron chi connectivity index (χ1n) is 8.04. The van der Waals surface area contributed by atoms with E-state index in [1.165, 1.54) is 25.0 Å². The third-order valence-corrected chi connectivity index (χ3v) is 4.13. The Morgan fingerprint density at radius 2 is 1.86 bits per heavy atom. The van der Waals surface area contributed by atoms with Crippen LogP contribution in [0.3, 0.4) is 0 Å². The highest BCUT2D eigenvalue weighted by Gasteiger charge is 2.24. The van der Waals surface area contributed by atoms with Crippen molar-refractivity contribution in [2.75, 3.05) is 26.2 Å². The lowest BCUT2D eigenvalue weighted by molar-refractivity contribution is 0.259. The minimum atomic E-state index is -0.502. The molecule has 1 N–H and O–H groups in total. The SMILES string of the molecule is CCNC(CCN(CC)CC1CC1)c1cc(F)cc(F)c1. The molecule has 1 fully saturated rings. The second kappa shape index (κ2) is 7.85. The summed E-state index contributed by atoms with van der Waals surface area (Å²) in [5, 5.41) is 3.34. The van der Waals surface area contributed by atoms with Crippen LogP contribution in [-0.4, -0.2) is 31.1 Å². The summed E-state index contributed by atoms with van der Waals surface area (Å²) < 4.78 is 26.8. The molecule has 0 amide bonds. The lowest BCUT2D eigenvalue weighted by atomic mass is 10.0. The summed E-state index contributed by atoms with van der Waals surface area (Å²) in [7, 11) is 0. The molecule has 1 unspecified atom stereocenters. The maximum absolute atomic E-state index is 13.4. The average Bonchev–Trinajstić information content (AvgIpc) is 3.24. The monoisotopic (exact) mass is 296 g/mol. The van der Waals surface area contributed by atoms with E-state index in [0.29, 0.717) is 5.56 Å². The van der Waals surface area contributed by atoms with Crippen LogP contribution in [0, 0.1) is 17.6 Å². The van der Waals surface area contributed by atoms with Crippen LogP contribution in [0.15, 0.2) is 18.2 Å². The van der Waals surface area contributed by atoms with E-state index in [9.17, 15) is 8.78 Å². The Labute approximate surface area is 126 Å². The molecule has 0 bridgehead atoms. The Balaban J connectivity index is 1.96. The van der Waals surface area contributed by atoms with Gasteiger partial charge in [0.25, 0.3) is 0 Å². The summed E-state index contributed by atoms with van der Waals surface area (Å²) in [4.78, 5) is 2.44. The van der Waals surface area contributed by atoms with Crippen molar-refractivity contribution in [3.8, 4) is 0 Å². The van der Waals surface area contributed by atoms with E-state index in [2.05, 4.69) is 17.1 Å². The maximum atomic E-state index is 13.4. The van der Waals surface area contributed by atoms with Crippen molar-refractivity contribution in [1.29, 1.82) is 0 Å². The van der Waals surface area contributed by atoms with Crippen molar-refractivity contribution < 1.29 is 8.78 Å². The Kier molecular flexibility index (Phi) is 6.12. The average molecular weight is 296 g/mol. The van der Waals surface area contributed by atoms with Crippen molar-refractivity contribution in [2.24, 2.45) is 5.92 Å². The predicted octanol–water partition coefficient (Wildman–Crippen LogP) is 3.74. The van der Waals surface area contributed by atoms with Gasteiger partial charge in [-0.3, -0.25) is 0 Å². The quantitative estimate of drug-likeness (QED) is 0.747. The van der Waals surface area contributed by atoms with Crippen LogP contribution >= 0.6 is 0 Å². The molecule has 1 aromatic carbocycles. The summed E-state index contributed by atoms with van der Waals surface area (Å²) >= 11 is 0. The molecule has 21 heavy (non-hydrogen) atoms. The fourth-order valence-electron chi connectivity index (χ4n) is 2.77. The molecular formula is C17H26F2N2. The molecule has 1 aliphatic rings. The van der Waals surface area contributed by atoms with Gasteiger partial charge in [0.2, 0.25) is 0 Å². The number of benzene rings is 1. The molecule has 0 spiro atoms. The van der Waals surface area contributed by atoms with Crippen LogP contribution in [-0.2, 0) is 0 Å². The van der Waals surface area contributed by atoms with Gasteiger partial charge in [-0.2, -0.15) is 0 Å². The van der Waals surface area contributed by atoms with Crippen molar-refractivity contribution in [3.05, 3.63) is 35.4 Å². The zero-order chi connectivity index (χ0) is 15.2. The molecule has 1 atom stereocenters. The minimum Gasteiger partial charge on any atom is -0.310 e. The van der Waals surface area contributed by atoms with Crippen molar-refractivity contribution in [3.63, 3.8) is 0 Å². The molecule has 0 heterocycles. The standard InChI is InChI=1S/C17H26F2N2/c1-3-20-17(14-9-15(18)11-16(19)10-14)7-8-21(4-2)12-13-5-6-13/h9-11,13,17,20H,3-8,12H2,1-2H3. The Hall–Kier alpha value is -1.00. The van der Waals surface area contributed by atoms with Gasteiger partial charge < -0.3 is 10.2 Å². The summed E-state index contributed by atoms with van der Waals surface area (Å²) in [6.45, 7) is 8.14. The lowest BCUT2D eigenvalue weighted by Crippen LogP contribution is -2.31. The smallest absolute Gasteiger partial charge is 0.126 e. The van der Waals surface area contributed by atoms with Crippen LogP contribution in [0.25, 0.3) is 0 Å². The normalized spacial score (nSPS) is 16.4. The summed E-state index contributed by atoms with van der Waals surface area (Å²) in [6.07, 6.45) is 3.57. The summed E-state index contributed by atoms with van der Waals surface area (Å²) in [5.74, 6) is -0.134. The van der Waals surface area contributed by atoms with Gasteiger partial charge in [0.1, 0.15) is 11.6 Å². The Morgan fingerprint density at radius 3 is 2.38 bits per heavy atom. The van der Waals surface area contributed by atoms with Gasteiger partial charge in [-0.05, 0) is 62.5 Å². The van der Waals surface area contributed by atoms with Gasteiger partial charge in [0, 0.05) is 18.7 Å². The predicted molar refractivity (Wildman–Crippen MR) is 82.2 cm³/mol. The van der Waals surface area contributed by atoms with Crippen LogP contribution in [0.5, 0.6) is 0 Å². The second-order valence-corrected chi connectivity index (χ2v) is 5.94. The molecule has 0 saturated heterocycles. The van der Waals surface area contributed by atoms with E-state index < -0.39 is 11.6 Å². The number of nitrogens with one attached hydrogen (secondary N) is 1. The van der Waals surface area contributed by atoms with Crippen LogP contribution in [0.4, 0.5) is 8.78 Å². The Bertz CT molecular complexity index is 426. The highest BCUT2D eigenvalue weighted by Crippen LogP contribution is 2.30. The van der Waals surface area contributed by atoms with E-state index in [0.717, 1.165) is 44.6 Å². The van der Waals surface area contributed by atoms with Gasteiger partial charge >= 0.3 is 0 Å². The molecule has 1 saturated carbocycles. The second-order valence-electron chi connectivity index (χ2n) is 5.94. The van der Waals surface area contributed by atoms with E-state index in [1.54, 1.807) is 0 Å².